The van der Waals surface area contributed by atoms with Gasteiger partial charge in [0.25, 0.3) is 0 Å². The molecular formula is C14H16N2O3. The summed E-state index contributed by atoms with van der Waals surface area (Å²) >= 11 is 0. The van der Waals surface area contributed by atoms with Crippen molar-refractivity contribution >= 4 is 16.9 Å². The quantitative estimate of drug-likeness (QED) is 0.915. The van der Waals surface area contributed by atoms with Crippen LogP contribution >= 0.6 is 0 Å². The number of carbonyl (C=O) groups is 1. The van der Waals surface area contributed by atoms with Gasteiger partial charge in [-0.1, -0.05) is 13.8 Å². The summed E-state index contributed by atoms with van der Waals surface area (Å²) in [5.41, 5.74) is 0.773. The van der Waals surface area contributed by atoms with Gasteiger partial charge in [0.1, 0.15) is 6.33 Å². The number of hydrogen-bond donors (Lipinski definition) is 1. The van der Waals surface area contributed by atoms with Crippen LogP contribution in [0.25, 0.3) is 10.9 Å². The molecule has 1 N–H and O–H groups in total. The Kier molecular flexibility index (Phi) is 3.64. The second-order valence-corrected chi connectivity index (χ2v) is 4.78. The third-order valence-electron chi connectivity index (χ3n) is 3.08. The largest absolute Gasteiger partial charge is 0.478 e. The van der Waals surface area contributed by atoms with Gasteiger partial charge in [-0.2, -0.15) is 0 Å². The van der Waals surface area contributed by atoms with Gasteiger partial charge in [-0.25, -0.2) is 14.8 Å². The molecule has 5 nitrogen and oxygen atoms in total. The molecule has 1 unspecified atom stereocenters. The Balaban J connectivity index is 2.43. The lowest BCUT2D eigenvalue weighted by atomic mass is 10.1. The molecule has 1 heterocycles. The fraction of sp³-hybridized carbons (Fsp3) is 0.357. The van der Waals surface area contributed by atoms with Crippen LogP contribution in [0.4, 0.5) is 0 Å². The Morgan fingerprint density at radius 3 is 2.63 bits per heavy atom. The van der Waals surface area contributed by atoms with Gasteiger partial charge in [0.2, 0.25) is 5.88 Å². The molecule has 0 aliphatic carbocycles. The van der Waals surface area contributed by atoms with Crippen LogP contribution in [0.1, 0.15) is 31.1 Å². The second kappa shape index (κ2) is 5.22. The minimum Gasteiger partial charge on any atom is -0.478 e. The van der Waals surface area contributed by atoms with Crippen molar-refractivity contribution < 1.29 is 14.6 Å². The van der Waals surface area contributed by atoms with E-state index in [1.165, 1.54) is 18.5 Å². The number of ether oxygens (including phenoxy) is 1. The molecule has 0 spiro atoms. The number of rotatable bonds is 4. The molecule has 0 bridgehead atoms. The molecule has 5 heteroatoms. The highest BCUT2D eigenvalue weighted by molar-refractivity contribution is 5.94. The molecular weight excluding hydrogens is 244 g/mol. The van der Waals surface area contributed by atoms with Crippen LogP contribution in [0.2, 0.25) is 0 Å². The van der Waals surface area contributed by atoms with E-state index in [9.17, 15) is 4.79 Å². The fourth-order valence-electron chi connectivity index (χ4n) is 1.57. The van der Waals surface area contributed by atoms with E-state index in [0.717, 1.165) is 5.39 Å². The van der Waals surface area contributed by atoms with Crippen molar-refractivity contribution in [2.75, 3.05) is 0 Å². The SMILES string of the molecule is CC(C)C(C)Oc1ncnc2cc(C(=O)O)ccc12. The van der Waals surface area contributed by atoms with E-state index >= 15 is 0 Å². The van der Waals surface area contributed by atoms with Crippen LogP contribution < -0.4 is 4.74 Å². The number of benzene rings is 1. The van der Waals surface area contributed by atoms with Crippen molar-refractivity contribution in [1.82, 2.24) is 9.97 Å². The zero-order valence-corrected chi connectivity index (χ0v) is 11.1. The maximum atomic E-state index is 10.9. The molecule has 2 aromatic rings. The Morgan fingerprint density at radius 2 is 2.00 bits per heavy atom. The van der Waals surface area contributed by atoms with Gasteiger partial charge in [-0.3, -0.25) is 0 Å². The summed E-state index contributed by atoms with van der Waals surface area (Å²) in [6.45, 7) is 6.11. The maximum absolute atomic E-state index is 10.9. The van der Waals surface area contributed by atoms with Crippen molar-refractivity contribution in [2.45, 2.75) is 26.9 Å². The van der Waals surface area contributed by atoms with Crippen LogP contribution in [0.15, 0.2) is 24.5 Å². The van der Waals surface area contributed by atoms with Gasteiger partial charge in [-0.15, -0.1) is 0 Å². The summed E-state index contributed by atoms with van der Waals surface area (Å²) in [6.07, 6.45) is 1.41. The third-order valence-corrected chi connectivity index (χ3v) is 3.08. The van der Waals surface area contributed by atoms with E-state index in [1.807, 2.05) is 6.92 Å². The number of aromatic carboxylic acids is 1. The topological polar surface area (TPSA) is 72.3 Å². The molecule has 2 rings (SSSR count). The molecule has 1 aromatic carbocycles. The van der Waals surface area contributed by atoms with E-state index in [0.29, 0.717) is 17.3 Å². The Morgan fingerprint density at radius 1 is 1.26 bits per heavy atom. The van der Waals surface area contributed by atoms with Gasteiger partial charge in [-0.05, 0) is 31.0 Å². The first kappa shape index (κ1) is 13.3. The Labute approximate surface area is 111 Å². The number of carboxylic acids is 1. The number of nitrogens with zero attached hydrogens (tertiary/aromatic N) is 2. The van der Waals surface area contributed by atoms with Crippen molar-refractivity contribution in [3.63, 3.8) is 0 Å². The van der Waals surface area contributed by atoms with Crippen molar-refractivity contribution in [3.8, 4) is 5.88 Å². The Hall–Kier alpha value is -2.17. The zero-order valence-electron chi connectivity index (χ0n) is 11.1. The Bertz CT molecular complexity index is 611. The third kappa shape index (κ3) is 2.81. The number of aromatic nitrogens is 2. The lowest BCUT2D eigenvalue weighted by Crippen LogP contribution is -2.19. The van der Waals surface area contributed by atoms with Gasteiger partial charge in [0, 0.05) is 0 Å². The van der Waals surface area contributed by atoms with E-state index < -0.39 is 5.97 Å². The van der Waals surface area contributed by atoms with Crippen LogP contribution in [0.3, 0.4) is 0 Å². The monoisotopic (exact) mass is 260 g/mol. The molecule has 0 fully saturated rings. The number of hydrogen-bond acceptors (Lipinski definition) is 4. The van der Waals surface area contributed by atoms with Crippen LogP contribution in [-0.2, 0) is 0 Å². The van der Waals surface area contributed by atoms with Crippen LogP contribution in [-0.4, -0.2) is 27.1 Å². The van der Waals surface area contributed by atoms with E-state index in [-0.39, 0.29) is 11.7 Å². The minimum absolute atomic E-state index is 0.0252. The molecule has 100 valence electrons. The summed E-state index contributed by atoms with van der Waals surface area (Å²) < 4.78 is 5.79. The van der Waals surface area contributed by atoms with Crippen molar-refractivity contribution in [1.29, 1.82) is 0 Å². The lowest BCUT2D eigenvalue weighted by molar-refractivity contribution is 0.0697. The molecule has 0 aliphatic heterocycles. The minimum atomic E-state index is -0.974. The summed E-state index contributed by atoms with van der Waals surface area (Å²) in [7, 11) is 0. The predicted octanol–water partition coefficient (Wildman–Crippen LogP) is 2.75. The highest BCUT2D eigenvalue weighted by Crippen LogP contribution is 2.24. The summed E-state index contributed by atoms with van der Waals surface area (Å²) in [6, 6.07) is 4.73. The average molecular weight is 260 g/mol. The molecule has 0 radical (unpaired) electrons. The zero-order chi connectivity index (χ0) is 14.0. The first-order valence-corrected chi connectivity index (χ1v) is 6.13. The smallest absolute Gasteiger partial charge is 0.335 e. The van der Waals surface area contributed by atoms with Crippen molar-refractivity contribution in [2.24, 2.45) is 5.92 Å². The van der Waals surface area contributed by atoms with Gasteiger partial charge < -0.3 is 9.84 Å². The molecule has 0 saturated heterocycles. The summed E-state index contributed by atoms with van der Waals surface area (Å²) in [5.74, 6) is -0.120. The molecule has 1 atom stereocenters. The van der Waals surface area contributed by atoms with E-state index in [2.05, 4.69) is 23.8 Å². The van der Waals surface area contributed by atoms with E-state index in [4.69, 9.17) is 9.84 Å². The molecule has 0 amide bonds. The highest BCUT2D eigenvalue weighted by Gasteiger charge is 2.13. The summed E-state index contributed by atoms with van der Waals surface area (Å²) in [5, 5.41) is 9.68. The second-order valence-electron chi connectivity index (χ2n) is 4.78. The molecule has 19 heavy (non-hydrogen) atoms. The number of fused-ring (bicyclic) bond motifs is 1. The first-order valence-electron chi connectivity index (χ1n) is 6.13. The van der Waals surface area contributed by atoms with Gasteiger partial charge in [0.05, 0.1) is 22.6 Å². The fourth-order valence-corrected chi connectivity index (χ4v) is 1.57. The predicted molar refractivity (Wildman–Crippen MR) is 71.4 cm³/mol. The standard InChI is InChI=1S/C14H16N2O3/c1-8(2)9(3)19-13-11-5-4-10(14(17)18)6-12(11)15-7-16-13/h4-9H,1-3H3,(H,17,18). The normalized spacial score (nSPS) is 12.6. The maximum Gasteiger partial charge on any atom is 0.335 e. The molecule has 0 aliphatic rings. The lowest BCUT2D eigenvalue weighted by Gasteiger charge is -2.18. The van der Waals surface area contributed by atoms with Crippen LogP contribution in [0, 0.1) is 5.92 Å². The van der Waals surface area contributed by atoms with Gasteiger partial charge >= 0.3 is 5.97 Å². The van der Waals surface area contributed by atoms with Crippen LogP contribution in [0.5, 0.6) is 5.88 Å². The van der Waals surface area contributed by atoms with E-state index in [1.54, 1.807) is 6.07 Å². The molecule has 0 saturated carbocycles. The van der Waals surface area contributed by atoms with Gasteiger partial charge in [0.15, 0.2) is 0 Å². The molecule has 1 aromatic heterocycles. The highest BCUT2D eigenvalue weighted by atomic mass is 16.5. The first-order chi connectivity index (χ1) is 8.99. The average Bonchev–Trinajstić information content (AvgIpc) is 2.38. The van der Waals surface area contributed by atoms with Crippen molar-refractivity contribution in [3.05, 3.63) is 30.1 Å². The number of carboxylic acid groups (broad SMARTS) is 1. The summed E-state index contributed by atoms with van der Waals surface area (Å²) in [4.78, 5) is 19.1.